The Morgan fingerprint density at radius 3 is 2.61 bits per heavy atom. The molecule has 33 heavy (non-hydrogen) atoms. The van der Waals surface area contributed by atoms with E-state index in [1.165, 1.54) is 12.1 Å². The van der Waals surface area contributed by atoms with Crippen LogP contribution in [0.1, 0.15) is 35.0 Å². The summed E-state index contributed by atoms with van der Waals surface area (Å²) in [5.74, 6) is -0.926. The second-order valence-corrected chi connectivity index (χ2v) is 11.4. The highest BCUT2D eigenvalue weighted by Crippen LogP contribution is 2.30. The van der Waals surface area contributed by atoms with Gasteiger partial charge in [0.05, 0.1) is 4.88 Å². The summed E-state index contributed by atoms with van der Waals surface area (Å²) < 4.78 is 29.3. The van der Waals surface area contributed by atoms with Gasteiger partial charge < -0.3 is 5.32 Å². The third-order valence-electron chi connectivity index (χ3n) is 5.71. The van der Waals surface area contributed by atoms with E-state index in [4.69, 9.17) is 0 Å². The van der Waals surface area contributed by atoms with Crippen LogP contribution < -0.4 is 10.0 Å². The highest BCUT2D eigenvalue weighted by Gasteiger charge is 2.31. The number of nitrogens with one attached hydrogen (secondary N) is 2. The first-order valence-corrected chi connectivity index (χ1v) is 13.1. The zero-order chi connectivity index (χ0) is 23.4. The molecule has 2 N–H and O–H groups in total. The molecule has 2 aromatic heterocycles. The molecule has 3 aromatic rings. The van der Waals surface area contributed by atoms with Crippen molar-refractivity contribution >= 4 is 33.2 Å². The van der Waals surface area contributed by atoms with Crippen LogP contribution in [0.15, 0.2) is 65.1 Å². The van der Waals surface area contributed by atoms with Gasteiger partial charge in [-0.2, -0.15) is 5.10 Å². The number of aromatic nitrogens is 2. The molecule has 0 saturated heterocycles. The van der Waals surface area contributed by atoms with Crippen LogP contribution in [-0.4, -0.2) is 36.1 Å². The van der Waals surface area contributed by atoms with Crippen molar-refractivity contribution < 1.29 is 18.0 Å². The molecule has 1 unspecified atom stereocenters. The van der Waals surface area contributed by atoms with Gasteiger partial charge in [0, 0.05) is 30.9 Å². The van der Waals surface area contributed by atoms with E-state index in [0.29, 0.717) is 17.2 Å². The molecule has 10 heteroatoms. The summed E-state index contributed by atoms with van der Waals surface area (Å²) in [6, 6.07) is 14.2. The molecule has 2 amide bonds. The minimum Gasteiger partial charge on any atom is -0.349 e. The van der Waals surface area contributed by atoms with Crippen LogP contribution in [0.4, 0.5) is 0 Å². The average molecular weight is 487 g/mol. The quantitative estimate of drug-likeness (QED) is 0.483. The van der Waals surface area contributed by atoms with Crippen LogP contribution in [0.2, 0.25) is 0 Å². The lowest BCUT2D eigenvalue weighted by atomic mass is 9.80. The Morgan fingerprint density at radius 1 is 1.15 bits per heavy atom. The van der Waals surface area contributed by atoms with Gasteiger partial charge in [-0.05, 0) is 48.9 Å². The van der Waals surface area contributed by atoms with Crippen LogP contribution in [0.25, 0.3) is 0 Å². The number of hydrogen-bond acceptors (Lipinski definition) is 6. The predicted octanol–water partition coefficient (Wildman–Crippen LogP) is 2.84. The third-order valence-corrected chi connectivity index (χ3v) is 8.64. The lowest BCUT2D eigenvalue weighted by Crippen LogP contribution is -2.45. The first kappa shape index (κ1) is 23.2. The zero-order valence-electron chi connectivity index (χ0n) is 18.2. The van der Waals surface area contributed by atoms with Crippen molar-refractivity contribution in [2.24, 2.45) is 11.8 Å². The van der Waals surface area contributed by atoms with Crippen molar-refractivity contribution in [1.82, 2.24) is 19.8 Å². The highest BCUT2D eigenvalue weighted by molar-refractivity contribution is 7.92. The molecule has 1 atom stereocenters. The number of thiophene rings is 1. The number of amides is 2. The third kappa shape index (κ3) is 5.88. The van der Waals surface area contributed by atoms with E-state index in [1.54, 1.807) is 13.1 Å². The van der Waals surface area contributed by atoms with E-state index in [9.17, 15) is 18.0 Å². The van der Waals surface area contributed by atoms with Crippen LogP contribution in [0.5, 0.6) is 0 Å². The van der Waals surface area contributed by atoms with Crippen LogP contribution in [-0.2, 0) is 27.8 Å². The van der Waals surface area contributed by atoms with Crippen molar-refractivity contribution in [2.45, 2.75) is 43.0 Å². The van der Waals surface area contributed by atoms with Crippen molar-refractivity contribution in [3.8, 4) is 0 Å². The summed E-state index contributed by atoms with van der Waals surface area (Å²) in [4.78, 5) is 25.3. The van der Waals surface area contributed by atoms with Gasteiger partial charge in [-0.3, -0.25) is 14.3 Å². The second-order valence-electron chi connectivity index (χ2n) is 8.42. The van der Waals surface area contributed by atoms with Crippen molar-refractivity contribution in [3.63, 3.8) is 0 Å². The number of rotatable bonds is 9. The molecule has 174 valence electrons. The fraction of sp³-hybridized carbons (Fsp3) is 0.348. The molecule has 1 aliphatic rings. The Bertz CT molecular complexity index is 1200. The average Bonchev–Trinajstić information content (AvgIpc) is 3.45. The van der Waals surface area contributed by atoms with Gasteiger partial charge in [-0.1, -0.05) is 37.3 Å². The summed E-state index contributed by atoms with van der Waals surface area (Å²) in [5, 5.41) is 7.15. The smallest absolute Gasteiger partial charge is 0.273 e. The SMILES string of the molecule is CC(Cc1ccccc1)C(=O)NS(=O)(=O)c1ccc(C(=O)NC2CC(Cn3cccn3)C2)s1. The van der Waals surface area contributed by atoms with Gasteiger partial charge in [-0.15, -0.1) is 11.3 Å². The van der Waals surface area contributed by atoms with Gasteiger partial charge in [0.15, 0.2) is 0 Å². The van der Waals surface area contributed by atoms with E-state index in [2.05, 4.69) is 15.1 Å². The molecule has 1 aromatic carbocycles. The van der Waals surface area contributed by atoms with Crippen molar-refractivity contribution in [2.75, 3.05) is 0 Å². The molecule has 4 rings (SSSR count). The maximum Gasteiger partial charge on any atom is 0.273 e. The second kappa shape index (κ2) is 9.88. The largest absolute Gasteiger partial charge is 0.349 e. The number of hydrogen-bond donors (Lipinski definition) is 2. The fourth-order valence-corrected chi connectivity index (χ4v) is 6.15. The number of nitrogens with zero attached hydrogens (tertiary/aromatic N) is 2. The molecule has 1 saturated carbocycles. The Morgan fingerprint density at radius 2 is 1.91 bits per heavy atom. The van der Waals surface area contributed by atoms with Crippen molar-refractivity contribution in [1.29, 1.82) is 0 Å². The molecule has 2 heterocycles. The summed E-state index contributed by atoms with van der Waals surface area (Å²) in [6.07, 6.45) is 5.81. The predicted molar refractivity (Wildman–Crippen MR) is 125 cm³/mol. The zero-order valence-corrected chi connectivity index (χ0v) is 19.8. The molecule has 0 radical (unpaired) electrons. The lowest BCUT2D eigenvalue weighted by Gasteiger charge is -2.35. The summed E-state index contributed by atoms with van der Waals surface area (Å²) in [6.45, 7) is 2.51. The van der Waals surface area contributed by atoms with Crippen LogP contribution >= 0.6 is 11.3 Å². The van der Waals surface area contributed by atoms with Crippen LogP contribution in [0.3, 0.4) is 0 Å². The number of carbonyl (C=O) groups excluding carboxylic acids is 2. The molecule has 1 aliphatic carbocycles. The molecule has 0 bridgehead atoms. The van der Waals surface area contributed by atoms with Gasteiger partial charge in [0.25, 0.3) is 15.9 Å². The summed E-state index contributed by atoms with van der Waals surface area (Å²) in [5.41, 5.74) is 0.954. The molecular weight excluding hydrogens is 460 g/mol. The Labute approximate surface area is 197 Å². The number of sulfonamides is 1. The van der Waals surface area contributed by atoms with E-state index in [-0.39, 0.29) is 16.2 Å². The van der Waals surface area contributed by atoms with Gasteiger partial charge >= 0.3 is 0 Å². The molecule has 0 aliphatic heterocycles. The molecule has 0 spiro atoms. The molecule has 8 nitrogen and oxygen atoms in total. The van der Waals surface area contributed by atoms with E-state index >= 15 is 0 Å². The minimum atomic E-state index is -4.04. The van der Waals surface area contributed by atoms with Gasteiger partial charge in [0.1, 0.15) is 4.21 Å². The minimum absolute atomic E-state index is 0.0573. The molecule has 1 fully saturated rings. The van der Waals surface area contributed by atoms with E-state index in [1.807, 2.05) is 47.3 Å². The first-order chi connectivity index (χ1) is 15.8. The number of carbonyl (C=O) groups is 2. The monoisotopic (exact) mass is 486 g/mol. The summed E-state index contributed by atoms with van der Waals surface area (Å²) in [7, 11) is -4.04. The van der Waals surface area contributed by atoms with Gasteiger partial charge in [-0.25, -0.2) is 13.1 Å². The molecular formula is C23H26N4O4S2. The topological polar surface area (TPSA) is 110 Å². The van der Waals surface area contributed by atoms with Crippen LogP contribution in [0, 0.1) is 11.8 Å². The Balaban J connectivity index is 1.28. The maximum absolute atomic E-state index is 12.7. The standard InChI is InChI=1S/C23H26N4O4S2/c1-16(12-17-6-3-2-4-7-17)22(28)26-33(30,31)21-9-8-20(32-21)23(29)25-19-13-18(14-19)15-27-11-5-10-24-27/h2-11,16,18-19H,12-15H2,1H3,(H,25,29)(H,26,28). The van der Waals surface area contributed by atoms with E-state index in [0.717, 1.165) is 36.3 Å². The fourth-order valence-electron chi connectivity index (χ4n) is 3.86. The van der Waals surface area contributed by atoms with Gasteiger partial charge in [0.2, 0.25) is 5.91 Å². The first-order valence-electron chi connectivity index (χ1n) is 10.8. The van der Waals surface area contributed by atoms with Crippen molar-refractivity contribution in [3.05, 3.63) is 71.4 Å². The van der Waals surface area contributed by atoms with E-state index < -0.39 is 21.8 Å². The maximum atomic E-state index is 12.7. The Kier molecular flexibility index (Phi) is 6.94. The summed E-state index contributed by atoms with van der Waals surface area (Å²) >= 11 is 0.858. The Hall–Kier alpha value is -2.98. The highest BCUT2D eigenvalue weighted by atomic mass is 32.2. The lowest BCUT2D eigenvalue weighted by molar-refractivity contribution is -0.122. The normalized spacial score (nSPS) is 18.8. The number of benzene rings is 1.